The van der Waals surface area contributed by atoms with Gasteiger partial charge in [0.1, 0.15) is 22.3 Å². The Labute approximate surface area is 204 Å². The van der Waals surface area contributed by atoms with E-state index in [0.29, 0.717) is 0 Å². The van der Waals surface area contributed by atoms with E-state index < -0.39 is 11.2 Å². The number of rotatable bonds is 5. The molecule has 0 aliphatic carbocycles. The lowest BCUT2D eigenvalue weighted by molar-refractivity contribution is -0.0893. The summed E-state index contributed by atoms with van der Waals surface area (Å²) in [6.07, 6.45) is 0. The van der Waals surface area contributed by atoms with E-state index in [-0.39, 0.29) is 0 Å². The summed E-state index contributed by atoms with van der Waals surface area (Å²) in [5, 5.41) is 14.8. The molecular weight excluding hydrogens is 435 g/mol. The summed E-state index contributed by atoms with van der Waals surface area (Å²) in [7, 11) is 1.72. The molecule has 0 atom stereocenters. The topological polar surface area (TPSA) is 55.7 Å². The Morgan fingerprint density at radius 2 is 1.31 bits per heavy atom. The van der Waals surface area contributed by atoms with Crippen molar-refractivity contribution >= 4 is 56.8 Å². The summed E-state index contributed by atoms with van der Waals surface area (Å²) in [5.41, 5.74) is 4.43. The second-order valence-corrected chi connectivity index (χ2v) is 10.2. The smallest absolute Gasteiger partial charge is 0.330 e. The molecule has 0 aliphatic heterocycles. The second kappa shape index (κ2) is 7.74. The molecule has 0 unspecified atom stereocenters. The minimum Gasteiger partial charge on any atom is -0.456 e. The maximum atomic E-state index is 10.5. The Bertz CT molecular complexity index is 1720. The molecule has 0 bridgehead atoms. The Kier molecular flexibility index (Phi) is 4.86. The zero-order valence-corrected chi connectivity index (χ0v) is 20.3. The van der Waals surface area contributed by atoms with E-state index in [1.54, 1.807) is 21.3 Å². The van der Waals surface area contributed by atoms with E-state index >= 15 is 0 Å². The number of para-hydroxylation sites is 2. The number of aliphatic hydroxyl groups is 1. The maximum Gasteiger partial charge on any atom is 0.330 e. The SMILES string of the molecule is CC(C)(O)C(C)(C)O[B]c1cc(-c2ccc3c(c2)oc2ccccc23)c2oc3ccccc3c2c1. The largest absolute Gasteiger partial charge is 0.456 e. The predicted octanol–water partition coefficient (Wildman–Crippen LogP) is 6.96. The van der Waals surface area contributed by atoms with Crippen LogP contribution < -0.4 is 5.46 Å². The highest BCUT2D eigenvalue weighted by molar-refractivity contribution is 6.48. The lowest BCUT2D eigenvalue weighted by atomic mass is 9.81. The van der Waals surface area contributed by atoms with Crippen molar-refractivity contribution < 1.29 is 18.6 Å². The third-order valence-corrected chi connectivity index (χ3v) is 7.15. The van der Waals surface area contributed by atoms with Gasteiger partial charge in [0.2, 0.25) is 0 Å². The fourth-order valence-corrected chi connectivity index (χ4v) is 4.38. The molecule has 0 spiro atoms. The standard InChI is InChI=1S/C30H26BO4/c1-29(2,32)30(3,4)35-31-19-16-23(28-24(17-19)21-10-6-8-12-26(21)34-28)18-13-14-22-20-9-5-7-11-25(20)33-27(22)15-18/h5-17,32H,1-4H3. The number of fused-ring (bicyclic) bond motifs is 6. The van der Waals surface area contributed by atoms with Crippen molar-refractivity contribution in [2.45, 2.75) is 38.9 Å². The highest BCUT2D eigenvalue weighted by atomic mass is 16.5. The molecule has 35 heavy (non-hydrogen) atoms. The molecule has 4 aromatic carbocycles. The molecule has 2 heterocycles. The summed E-state index contributed by atoms with van der Waals surface area (Å²) in [4.78, 5) is 0. The van der Waals surface area contributed by atoms with Gasteiger partial charge in [0, 0.05) is 27.1 Å². The molecule has 0 aliphatic rings. The maximum absolute atomic E-state index is 10.5. The van der Waals surface area contributed by atoms with E-state index in [0.717, 1.165) is 60.5 Å². The van der Waals surface area contributed by atoms with Crippen molar-refractivity contribution in [3.63, 3.8) is 0 Å². The van der Waals surface area contributed by atoms with Crippen LogP contribution in [0.25, 0.3) is 55.0 Å². The van der Waals surface area contributed by atoms with Crippen LogP contribution in [-0.4, -0.2) is 23.8 Å². The lowest BCUT2D eigenvalue weighted by Crippen LogP contribution is -2.49. The Morgan fingerprint density at radius 1 is 0.686 bits per heavy atom. The van der Waals surface area contributed by atoms with Gasteiger partial charge in [0.25, 0.3) is 0 Å². The molecule has 173 valence electrons. The van der Waals surface area contributed by atoms with Gasteiger partial charge < -0.3 is 18.6 Å². The third-order valence-electron chi connectivity index (χ3n) is 7.15. The van der Waals surface area contributed by atoms with E-state index in [2.05, 4.69) is 42.5 Å². The van der Waals surface area contributed by atoms with Gasteiger partial charge in [-0.25, -0.2) is 0 Å². The van der Waals surface area contributed by atoms with E-state index in [4.69, 9.17) is 13.5 Å². The van der Waals surface area contributed by atoms with Crippen molar-refractivity contribution in [3.05, 3.63) is 78.9 Å². The molecular formula is C30H26BO4. The quantitative estimate of drug-likeness (QED) is 0.282. The summed E-state index contributed by atoms with van der Waals surface area (Å²) >= 11 is 0. The van der Waals surface area contributed by atoms with Gasteiger partial charge in [-0.1, -0.05) is 60.1 Å². The Morgan fingerprint density at radius 3 is 2.03 bits per heavy atom. The van der Waals surface area contributed by atoms with Crippen LogP contribution in [0.4, 0.5) is 0 Å². The summed E-state index contributed by atoms with van der Waals surface area (Å²) in [5.74, 6) is 0. The highest BCUT2D eigenvalue weighted by Gasteiger charge is 2.35. The van der Waals surface area contributed by atoms with Gasteiger partial charge in [0.05, 0.1) is 11.2 Å². The van der Waals surface area contributed by atoms with Gasteiger partial charge >= 0.3 is 7.48 Å². The Balaban J connectivity index is 1.53. The first-order valence-corrected chi connectivity index (χ1v) is 11.8. The van der Waals surface area contributed by atoms with Crippen LogP contribution in [0.5, 0.6) is 0 Å². The number of hydrogen-bond donors (Lipinski definition) is 1. The van der Waals surface area contributed by atoms with Crippen molar-refractivity contribution in [1.82, 2.24) is 0 Å². The third kappa shape index (κ3) is 3.63. The van der Waals surface area contributed by atoms with E-state index in [1.165, 1.54) is 0 Å². The van der Waals surface area contributed by atoms with Crippen LogP contribution in [0.15, 0.2) is 87.7 Å². The molecule has 0 saturated heterocycles. The van der Waals surface area contributed by atoms with Crippen molar-refractivity contribution in [2.75, 3.05) is 0 Å². The van der Waals surface area contributed by atoms with Crippen molar-refractivity contribution in [2.24, 2.45) is 0 Å². The Hall–Kier alpha value is -3.54. The molecule has 1 N–H and O–H groups in total. The first-order valence-electron chi connectivity index (χ1n) is 11.8. The average Bonchev–Trinajstić information content (AvgIpc) is 3.39. The van der Waals surface area contributed by atoms with Crippen LogP contribution >= 0.6 is 0 Å². The van der Waals surface area contributed by atoms with Crippen LogP contribution in [-0.2, 0) is 4.65 Å². The highest BCUT2D eigenvalue weighted by Crippen LogP contribution is 2.38. The molecule has 6 aromatic rings. The molecule has 0 saturated carbocycles. The molecule has 6 rings (SSSR count). The number of furan rings is 2. The number of benzene rings is 4. The van der Waals surface area contributed by atoms with Crippen LogP contribution in [0.1, 0.15) is 27.7 Å². The summed E-state index contributed by atoms with van der Waals surface area (Å²) < 4.78 is 18.6. The molecule has 5 heteroatoms. The molecule has 0 amide bonds. The first-order chi connectivity index (χ1) is 16.7. The lowest BCUT2D eigenvalue weighted by Gasteiger charge is -2.37. The van der Waals surface area contributed by atoms with Crippen molar-refractivity contribution in [3.8, 4) is 11.1 Å². The fourth-order valence-electron chi connectivity index (χ4n) is 4.38. The minimum absolute atomic E-state index is 0.770. The predicted molar refractivity (Wildman–Crippen MR) is 143 cm³/mol. The normalized spacial score (nSPS) is 12.8. The van der Waals surface area contributed by atoms with Crippen LogP contribution in [0.3, 0.4) is 0 Å². The van der Waals surface area contributed by atoms with Crippen LogP contribution in [0, 0.1) is 0 Å². The van der Waals surface area contributed by atoms with Crippen LogP contribution in [0.2, 0.25) is 0 Å². The molecule has 2 aromatic heterocycles. The monoisotopic (exact) mass is 461 g/mol. The van der Waals surface area contributed by atoms with Gasteiger partial charge in [-0.2, -0.15) is 0 Å². The molecule has 1 radical (unpaired) electrons. The zero-order valence-electron chi connectivity index (χ0n) is 20.3. The zero-order chi connectivity index (χ0) is 24.4. The number of hydrogen-bond acceptors (Lipinski definition) is 4. The van der Waals surface area contributed by atoms with E-state index in [1.807, 2.05) is 50.2 Å². The van der Waals surface area contributed by atoms with Crippen molar-refractivity contribution in [1.29, 1.82) is 0 Å². The second-order valence-electron chi connectivity index (χ2n) is 10.2. The fraction of sp³-hybridized carbons (Fsp3) is 0.200. The van der Waals surface area contributed by atoms with Gasteiger partial charge in [-0.15, -0.1) is 0 Å². The minimum atomic E-state index is -1.01. The average molecular weight is 461 g/mol. The summed E-state index contributed by atoms with van der Waals surface area (Å²) in [6, 6.07) is 26.6. The molecule has 4 nitrogen and oxygen atoms in total. The molecule has 0 fully saturated rings. The van der Waals surface area contributed by atoms with Gasteiger partial charge in [-0.3, -0.25) is 0 Å². The van der Waals surface area contributed by atoms with E-state index in [9.17, 15) is 5.11 Å². The van der Waals surface area contributed by atoms with Gasteiger partial charge in [0.15, 0.2) is 0 Å². The van der Waals surface area contributed by atoms with Gasteiger partial charge in [-0.05, 0) is 57.5 Å². The summed E-state index contributed by atoms with van der Waals surface area (Å²) in [6.45, 7) is 7.26. The first kappa shape index (κ1) is 22.0.